The molecule has 3 nitrogen and oxygen atoms in total. The molecule has 1 aromatic heterocycles. The van der Waals surface area contributed by atoms with Crippen LogP contribution in [0.15, 0.2) is 53.1 Å². The Morgan fingerprint density at radius 3 is 2.45 bits per heavy atom. The molecule has 0 atom stereocenters. The molecule has 0 amide bonds. The molecule has 3 aromatic rings. The maximum atomic E-state index is 5.97. The number of aryl methyl sites for hydroxylation is 1. The molecule has 0 spiro atoms. The average Bonchev–Trinajstić information content (AvgIpc) is 2.84. The van der Waals surface area contributed by atoms with Gasteiger partial charge in [0.25, 0.3) is 0 Å². The highest BCUT2D eigenvalue weighted by atomic mass is 16.5. The maximum Gasteiger partial charge on any atom is 0.230 e. The number of nitrogens with two attached hydrogens (primary N) is 1. The summed E-state index contributed by atoms with van der Waals surface area (Å²) in [5.74, 6) is 0.354. The Morgan fingerprint density at radius 1 is 0.950 bits per heavy atom. The van der Waals surface area contributed by atoms with Crippen LogP contribution in [-0.2, 0) is 0 Å². The highest BCUT2D eigenvalue weighted by Crippen LogP contribution is 2.37. The Morgan fingerprint density at radius 2 is 1.70 bits per heavy atom. The fourth-order valence-corrected chi connectivity index (χ4v) is 2.38. The van der Waals surface area contributed by atoms with Crippen LogP contribution in [0.3, 0.4) is 0 Å². The second-order valence-electron chi connectivity index (χ2n) is 4.88. The predicted molar refractivity (Wildman–Crippen MR) is 81.3 cm³/mol. The molecular weight excluding hydrogens is 248 g/mol. The number of hydrogen-bond donors (Lipinski definition) is 1. The van der Waals surface area contributed by atoms with Crippen molar-refractivity contribution < 1.29 is 4.52 Å². The van der Waals surface area contributed by atoms with Crippen LogP contribution in [-0.4, -0.2) is 5.16 Å². The van der Waals surface area contributed by atoms with Crippen LogP contribution in [0.1, 0.15) is 11.1 Å². The molecule has 0 bridgehead atoms. The van der Waals surface area contributed by atoms with Crippen LogP contribution in [0.25, 0.3) is 22.4 Å². The van der Waals surface area contributed by atoms with Crippen LogP contribution >= 0.6 is 0 Å². The van der Waals surface area contributed by atoms with Crippen molar-refractivity contribution in [1.82, 2.24) is 5.16 Å². The van der Waals surface area contributed by atoms with Crippen LogP contribution in [0.2, 0.25) is 0 Å². The van der Waals surface area contributed by atoms with E-state index in [2.05, 4.69) is 25.1 Å². The van der Waals surface area contributed by atoms with Crippen LogP contribution < -0.4 is 5.73 Å². The van der Waals surface area contributed by atoms with Crippen molar-refractivity contribution in [3.05, 3.63) is 59.7 Å². The van der Waals surface area contributed by atoms with E-state index in [9.17, 15) is 0 Å². The Kier molecular flexibility index (Phi) is 3.03. The van der Waals surface area contributed by atoms with Gasteiger partial charge in [0.2, 0.25) is 5.88 Å². The predicted octanol–water partition coefficient (Wildman–Crippen LogP) is 4.21. The van der Waals surface area contributed by atoms with E-state index in [0.29, 0.717) is 5.88 Å². The minimum Gasteiger partial charge on any atom is -0.367 e. The van der Waals surface area contributed by atoms with E-state index in [-0.39, 0.29) is 0 Å². The van der Waals surface area contributed by atoms with Crippen LogP contribution in [0, 0.1) is 13.8 Å². The average molecular weight is 264 g/mol. The lowest BCUT2D eigenvalue weighted by Gasteiger charge is -2.08. The van der Waals surface area contributed by atoms with Crippen molar-refractivity contribution in [2.75, 3.05) is 5.73 Å². The fourth-order valence-electron chi connectivity index (χ4n) is 2.38. The summed E-state index contributed by atoms with van der Waals surface area (Å²) in [6.45, 7) is 4.18. The Balaban J connectivity index is 2.24. The molecular formula is C17H16N2O. The first-order valence-electron chi connectivity index (χ1n) is 6.55. The molecule has 0 radical (unpaired) electrons. The summed E-state index contributed by atoms with van der Waals surface area (Å²) in [6.07, 6.45) is 0. The first-order valence-corrected chi connectivity index (χ1v) is 6.55. The molecule has 0 saturated carbocycles. The minimum atomic E-state index is 0.354. The number of anilines is 1. The van der Waals surface area contributed by atoms with E-state index < -0.39 is 0 Å². The first-order chi connectivity index (χ1) is 9.68. The third-order valence-electron chi connectivity index (χ3n) is 3.64. The quantitative estimate of drug-likeness (QED) is 0.754. The zero-order valence-electron chi connectivity index (χ0n) is 11.6. The molecule has 3 rings (SSSR count). The molecule has 3 heteroatoms. The van der Waals surface area contributed by atoms with Gasteiger partial charge in [-0.1, -0.05) is 53.7 Å². The Hall–Kier alpha value is -2.55. The summed E-state index contributed by atoms with van der Waals surface area (Å²) in [4.78, 5) is 0. The largest absolute Gasteiger partial charge is 0.367 e. The number of benzene rings is 2. The summed E-state index contributed by atoms with van der Waals surface area (Å²) < 4.78 is 5.23. The van der Waals surface area contributed by atoms with E-state index >= 15 is 0 Å². The molecule has 1 heterocycles. The number of rotatable bonds is 2. The van der Waals surface area contributed by atoms with Gasteiger partial charge in [0.15, 0.2) is 0 Å². The Labute approximate surface area is 118 Å². The zero-order valence-corrected chi connectivity index (χ0v) is 11.6. The van der Waals surface area contributed by atoms with Crippen molar-refractivity contribution in [3.8, 4) is 22.4 Å². The number of aromatic nitrogens is 1. The lowest BCUT2D eigenvalue weighted by Crippen LogP contribution is -1.91. The van der Waals surface area contributed by atoms with Crippen molar-refractivity contribution in [2.24, 2.45) is 0 Å². The lowest BCUT2D eigenvalue weighted by molar-refractivity contribution is 0.439. The van der Waals surface area contributed by atoms with E-state index in [4.69, 9.17) is 10.3 Å². The fraction of sp³-hybridized carbons (Fsp3) is 0.118. The number of hydrogen-bond acceptors (Lipinski definition) is 3. The topological polar surface area (TPSA) is 52.0 Å². The second-order valence-corrected chi connectivity index (χ2v) is 4.88. The molecule has 20 heavy (non-hydrogen) atoms. The Bertz CT molecular complexity index is 745. The van der Waals surface area contributed by atoms with Gasteiger partial charge in [-0.25, -0.2) is 0 Å². The van der Waals surface area contributed by atoms with Crippen molar-refractivity contribution in [2.45, 2.75) is 13.8 Å². The third kappa shape index (κ3) is 1.97. The molecule has 0 fully saturated rings. The molecule has 2 aromatic carbocycles. The standard InChI is InChI=1S/C17H16N2O/c1-11-7-6-10-14(12(11)2)16-15(17(18)20-19-16)13-8-4-3-5-9-13/h3-10H,18H2,1-2H3. The second kappa shape index (κ2) is 4.85. The first kappa shape index (κ1) is 12.5. The van der Waals surface area contributed by atoms with Gasteiger partial charge in [-0.3, -0.25) is 0 Å². The van der Waals surface area contributed by atoms with Gasteiger partial charge in [0.1, 0.15) is 5.69 Å². The monoisotopic (exact) mass is 264 g/mol. The molecule has 0 saturated heterocycles. The van der Waals surface area contributed by atoms with E-state index in [1.807, 2.05) is 42.5 Å². The number of nitrogens with zero attached hydrogens (tertiary/aromatic N) is 1. The van der Waals surface area contributed by atoms with Gasteiger partial charge in [-0.05, 0) is 30.5 Å². The molecule has 0 aliphatic heterocycles. The van der Waals surface area contributed by atoms with Crippen LogP contribution in [0.4, 0.5) is 5.88 Å². The SMILES string of the molecule is Cc1cccc(-c2noc(N)c2-c2ccccc2)c1C. The van der Waals surface area contributed by atoms with Gasteiger partial charge in [-0.2, -0.15) is 0 Å². The highest BCUT2D eigenvalue weighted by Gasteiger charge is 2.18. The highest BCUT2D eigenvalue weighted by molar-refractivity contribution is 5.87. The normalized spacial score (nSPS) is 10.7. The van der Waals surface area contributed by atoms with Crippen molar-refractivity contribution in [1.29, 1.82) is 0 Å². The summed E-state index contributed by atoms with van der Waals surface area (Å²) in [6, 6.07) is 16.1. The summed E-state index contributed by atoms with van der Waals surface area (Å²) >= 11 is 0. The zero-order chi connectivity index (χ0) is 14.1. The maximum absolute atomic E-state index is 5.97. The van der Waals surface area contributed by atoms with E-state index in [0.717, 1.165) is 22.4 Å². The van der Waals surface area contributed by atoms with E-state index in [1.165, 1.54) is 11.1 Å². The lowest BCUT2D eigenvalue weighted by atomic mass is 9.96. The molecule has 100 valence electrons. The van der Waals surface area contributed by atoms with Gasteiger partial charge >= 0.3 is 0 Å². The minimum absolute atomic E-state index is 0.354. The van der Waals surface area contributed by atoms with Crippen LogP contribution in [0.5, 0.6) is 0 Å². The molecule has 0 aliphatic carbocycles. The van der Waals surface area contributed by atoms with Gasteiger partial charge in [-0.15, -0.1) is 0 Å². The van der Waals surface area contributed by atoms with E-state index in [1.54, 1.807) is 0 Å². The molecule has 2 N–H and O–H groups in total. The van der Waals surface area contributed by atoms with Crippen molar-refractivity contribution >= 4 is 5.88 Å². The molecule has 0 unspecified atom stereocenters. The van der Waals surface area contributed by atoms with Crippen molar-refractivity contribution in [3.63, 3.8) is 0 Å². The number of nitrogen functional groups attached to an aromatic ring is 1. The smallest absolute Gasteiger partial charge is 0.230 e. The third-order valence-corrected chi connectivity index (χ3v) is 3.64. The molecule has 0 aliphatic rings. The van der Waals surface area contributed by atoms with Gasteiger partial charge in [0.05, 0.1) is 5.56 Å². The summed E-state index contributed by atoms with van der Waals surface area (Å²) in [5.41, 5.74) is 12.1. The summed E-state index contributed by atoms with van der Waals surface area (Å²) in [5, 5.41) is 4.16. The summed E-state index contributed by atoms with van der Waals surface area (Å²) in [7, 11) is 0. The van der Waals surface area contributed by atoms with Gasteiger partial charge < -0.3 is 10.3 Å². The van der Waals surface area contributed by atoms with Gasteiger partial charge in [0, 0.05) is 5.56 Å².